The molecule has 112 valence electrons. The van der Waals surface area contributed by atoms with Gasteiger partial charge in [0, 0.05) is 39.3 Å². The van der Waals surface area contributed by atoms with E-state index in [-0.39, 0.29) is 17.7 Å². The fraction of sp³-hybridized carbons (Fsp3) is 0.533. The van der Waals surface area contributed by atoms with Gasteiger partial charge in [-0.05, 0) is 11.6 Å². The van der Waals surface area contributed by atoms with Crippen LogP contribution in [0.3, 0.4) is 0 Å². The van der Waals surface area contributed by atoms with E-state index in [0.717, 1.165) is 11.3 Å². The van der Waals surface area contributed by atoms with Crippen molar-refractivity contribution in [3.8, 4) is 0 Å². The van der Waals surface area contributed by atoms with E-state index in [9.17, 15) is 9.59 Å². The number of morpholine rings is 1. The minimum Gasteiger partial charge on any atom is -0.378 e. The van der Waals surface area contributed by atoms with E-state index in [1.54, 1.807) is 11.1 Å². The Labute approximate surface area is 123 Å². The van der Waals surface area contributed by atoms with E-state index in [1.807, 2.05) is 17.0 Å². The molecule has 1 unspecified atom stereocenters. The molecule has 1 aromatic rings. The Hall–Kier alpha value is -1.95. The first kappa shape index (κ1) is 14.0. The third-order valence-corrected chi connectivity index (χ3v) is 4.09. The number of ether oxygens (including phenoxy) is 1. The number of fused-ring (bicyclic) bond motifs is 1. The molecule has 1 saturated heterocycles. The number of nitrogens with zero attached hydrogens (tertiary/aromatic N) is 3. The van der Waals surface area contributed by atoms with Gasteiger partial charge >= 0.3 is 0 Å². The Bertz CT molecular complexity index is 555. The molecule has 0 radical (unpaired) electrons. The first-order chi connectivity index (χ1) is 10.2. The molecule has 0 bridgehead atoms. The molecule has 1 fully saturated rings. The third kappa shape index (κ3) is 2.76. The molecule has 2 amide bonds. The number of hydrogen-bond donors (Lipinski definition) is 0. The standard InChI is InChI=1S/C15H19N3O3/c1-11(19)18-9-12-3-2-4-16-14(12)13(10-18)15(20)17-5-7-21-8-6-17/h2-4,13H,5-10H2,1H3. The first-order valence-corrected chi connectivity index (χ1v) is 7.22. The Morgan fingerprint density at radius 1 is 1.29 bits per heavy atom. The molecule has 1 aromatic heterocycles. The van der Waals surface area contributed by atoms with Gasteiger partial charge in [-0.25, -0.2) is 0 Å². The highest BCUT2D eigenvalue weighted by Crippen LogP contribution is 2.28. The molecule has 0 aromatic carbocycles. The highest BCUT2D eigenvalue weighted by Gasteiger charge is 2.35. The number of carbonyl (C=O) groups is 2. The molecule has 3 heterocycles. The third-order valence-electron chi connectivity index (χ3n) is 4.09. The van der Waals surface area contributed by atoms with Crippen molar-refractivity contribution < 1.29 is 14.3 Å². The van der Waals surface area contributed by atoms with E-state index < -0.39 is 0 Å². The molecule has 1 atom stereocenters. The van der Waals surface area contributed by atoms with Crippen molar-refractivity contribution in [2.45, 2.75) is 19.4 Å². The zero-order valence-corrected chi connectivity index (χ0v) is 12.1. The first-order valence-electron chi connectivity index (χ1n) is 7.22. The quantitative estimate of drug-likeness (QED) is 0.750. The van der Waals surface area contributed by atoms with Crippen molar-refractivity contribution in [2.24, 2.45) is 0 Å². The molecule has 3 rings (SSSR count). The molecule has 0 saturated carbocycles. The Morgan fingerprint density at radius 2 is 2.05 bits per heavy atom. The molecule has 2 aliphatic rings. The minimum atomic E-state index is -0.364. The maximum Gasteiger partial charge on any atom is 0.233 e. The number of pyridine rings is 1. The average Bonchev–Trinajstić information content (AvgIpc) is 2.54. The van der Waals surface area contributed by atoms with Crippen LogP contribution >= 0.6 is 0 Å². The molecule has 21 heavy (non-hydrogen) atoms. The van der Waals surface area contributed by atoms with Crippen LogP contribution in [0.15, 0.2) is 18.3 Å². The number of rotatable bonds is 1. The summed E-state index contributed by atoms with van der Waals surface area (Å²) >= 11 is 0. The SMILES string of the molecule is CC(=O)N1Cc2cccnc2C(C(=O)N2CCOCC2)C1. The van der Waals surface area contributed by atoms with Crippen molar-refractivity contribution >= 4 is 11.8 Å². The van der Waals surface area contributed by atoms with Crippen LogP contribution in [0.25, 0.3) is 0 Å². The lowest BCUT2D eigenvalue weighted by Crippen LogP contribution is -2.48. The van der Waals surface area contributed by atoms with Crippen LogP contribution in [0, 0.1) is 0 Å². The van der Waals surface area contributed by atoms with Crippen LogP contribution in [0.1, 0.15) is 24.1 Å². The summed E-state index contributed by atoms with van der Waals surface area (Å²) < 4.78 is 5.29. The highest BCUT2D eigenvalue weighted by atomic mass is 16.5. The number of aromatic nitrogens is 1. The van der Waals surface area contributed by atoms with Gasteiger partial charge in [0.05, 0.1) is 24.8 Å². The van der Waals surface area contributed by atoms with E-state index >= 15 is 0 Å². The van der Waals surface area contributed by atoms with E-state index in [0.29, 0.717) is 39.4 Å². The van der Waals surface area contributed by atoms with Crippen LogP contribution < -0.4 is 0 Å². The van der Waals surface area contributed by atoms with Gasteiger partial charge in [0.25, 0.3) is 0 Å². The second-order valence-corrected chi connectivity index (χ2v) is 5.44. The van der Waals surface area contributed by atoms with Gasteiger partial charge in [-0.2, -0.15) is 0 Å². The van der Waals surface area contributed by atoms with Crippen LogP contribution in [0.4, 0.5) is 0 Å². The second-order valence-electron chi connectivity index (χ2n) is 5.44. The van der Waals surface area contributed by atoms with Crippen molar-refractivity contribution in [2.75, 3.05) is 32.8 Å². The Morgan fingerprint density at radius 3 is 2.76 bits per heavy atom. The summed E-state index contributed by atoms with van der Waals surface area (Å²) in [7, 11) is 0. The topological polar surface area (TPSA) is 62.7 Å². The van der Waals surface area contributed by atoms with Gasteiger partial charge in [0.1, 0.15) is 0 Å². The summed E-state index contributed by atoms with van der Waals surface area (Å²) in [6, 6.07) is 3.79. The lowest BCUT2D eigenvalue weighted by Gasteiger charge is -2.36. The van der Waals surface area contributed by atoms with Crippen molar-refractivity contribution in [1.29, 1.82) is 0 Å². The minimum absolute atomic E-state index is 0.00993. The average molecular weight is 289 g/mol. The van der Waals surface area contributed by atoms with Gasteiger partial charge in [-0.15, -0.1) is 0 Å². The lowest BCUT2D eigenvalue weighted by atomic mass is 9.93. The van der Waals surface area contributed by atoms with Gasteiger partial charge in [0.2, 0.25) is 11.8 Å². The van der Waals surface area contributed by atoms with Gasteiger partial charge < -0.3 is 14.5 Å². The maximum absolute atomic E-state index is 12.8. The molecule has 6 nitrogen and oxygen atoms in total. The van der Waals surface area contributed by atoms with Gasteiger partial charge in [0.15, 0.2) is 0 Å². The largest absolute Gasteiger partial charge is 0.378 e. The molecule has 2 aliphatic heterocycles. The van der Waals surface area contributed by atoms with Crippen LogP contribution in [-0.4, -0.2) is 59.4 Å². The fourth-order valence-corrected chi connectivity index (χ4v) is 2.91. The van der Waals surface area contributed by atoms with Crippen LogP contribution in [0.2, 0.25) is 0 Å². The normalized spacial score (nSPS) is 21.9. The van der Waals surface area contributed by atoms with Gasteiger partial charge in [-0.1, -0.05) is 6.07 Å². The lowest BCUT2D eigenvalue weighted by molar-refractivity contribution is -0.139. The van der Waals surface area contributed by atoms with Crippen molar-refractivity contribution in [3.05, 3.63) is 29.6 Å². The number of hydrogen-bond acceptors (Lipinski definition) is 4. The number of amides is 2. The van der Waals surface area contributed by atoms with Crippen molar-refractivity contribution in [1.82, 2.24) is 14.8 Å². The zero-order valence-electron chi connectivity index (χ0n) is 12.1. The monoisotopic (exact) mass is 289 g/mol. The summed E-state index contributed by atoms with van der Waals surface area (Å²) in [5.41, 5.74) is 1.78. The molecular formula is C15H19N3O3. The summed E-state index contributed by atoms with van der Waals surface area (Å²) in [4.78, 5) is 32.4. The van der Waals surface area contributed by atoms with Crippen LogP contribution in [0.5, 0.6) is 0 Å². The summed E-state index contributed by atoms with van der Waals surface area (Å²) in [5.74, 6) is -0.328. The predicted octanol–water partition coefficient (Wildman–Crippen LogP) is 0.386. The van der Waals surface area contributed by atoms with Gasteiger partial charge in [-0.3, -0.25) is 14.6 Å². The molecular weight excluding hydrogens is 270 g/mol. The smallest absolute Gasteiger partial charge is 0.233 e. The van der Waals surface area contributed by atoms with E-state index in [2.05, 4.69) is 4.98 Å². The highest BCUT2D eigenvalue weighted by molar-refractivity contribution is 5.85. The Balaban J connectivity index is 1.88. The van der Waals surface area contributed by atoms with E-state index in [4.69, 9.17) is 4.74 Å². The summed E-state index contributed by atoms with van der Waals surface area (Å²) in [6.07, 6.45) is 1.71. The molecule has 0 aliphatic carbocycles. The fourth-order valence-electron chi connectivity index (χ4n) is 2.91. The summed E-state index contributed by atoms with van der Waals surface area (Å²) in [5, 5.41) is 0. The molecule has 6 heteroatoms. The Kier molecular flexibility index (Phi) is 3.88. The zero-order chi connectivity index (χ0) is 14.8. The maximum atomic E-state index is 12.8. The van der Waals surface area contributed by atoms with Crippen molar-refractivity contribution in [3.63, 3.8) is 0 Å². The van der Waals surface area contributed by atoms with E-state index in [1.165, 1.54) is 6.92 Å². The molecule has 0 N–H and O–H groups in total. The second kappa shape index (κ2) is 5.81. The molecule has 0 spiro atoms. The summed E-state index contributed by atoms with van der Waals surface area (Å²) in [6.45, 7) is 4.85. The number of carbonyl (C=O) groups excluding carboxylic acids is 2. The van der Waals surface area contributed by atoms with Crippen LogP contribution in [-0.2, 0) is 20.9 Å². The predicted molar refractivity (Wildman–Crippen MR) is 75.5 cm³/mol.